The molecule has 12 aromatic rings. The quantitative estimate of drug-likeness (QED) is 0.0936. The number of fused-ring (bicyclic) bond motifs is 9. The van der Waals surface area contributed by atoms with E-state index in [0.29, 0.717) is 0 Å². The molecule has 0 spiro atoms. The smallest absolute Gasteiger partial charge is 0.347 e. The van der Waals surface area contributed by atoms with Crippen molar-refractivity contribution in [3.63, 3.8) is 0 Å². The highest BCUT2D eigenvalue weighted by Crippen LogP contribution is 2.57. The van der Waals surface area contributed by atoms with Crippen LogP contribution in [-0.2, 0) is 21.8 Å². The predicted octanol–water partition coefficient (Wildman–Crippen LogP) is 16.1. The van der Waals surface area contributed by atoms with Gasteiger partial charge < -0.3 is 9.47 Å². The lowest BCUT2D eigenvalue weighted by molar-refractivity contribution is 0.620. The zero-order chi connectivity index (χ0) is 49.5. The molecule has 0 saturated carbocycles. The van der Waals surface area contributed by atoms with Crippen LogP contribution in [0.4, 0.5) is 17.1 Å². The van der Waals surface area contributed by atoms with Crippen LogP contribution in [0, 0.1) is 0 Å². The minimum atomic E-state index is -0.253. The topological polar surface area (TPSA) is 12.5 Å². The first-order chi connectivity index (χ1) is 36.2. The van der Waals surface area contributed by atoms with Gasteiger partial charge >= 0.3 is 13.8 Å². The molecule has 2 aliphatic carbocycles. The van der Waals surface area contributed by atoms with Crippen molar-refractivity contribution in [2.75, 3.05) is 4.90 Å². The Morgan fingerprint density at radius 1 is 0.392 bits per heavy atom. The average Bonchev–Trinajstić information content (AvgIpc) is 3.68. The summed E-state index contributed by atoms with van der Waals surface area (Å²) in [4.78, 5) is 2.67. The van der Waals surface area contributed by atoms with E-state index in [1.165, 1.54) is 132 Å². The lowest BCUT2D eigenvalue weighted by Crippen LogP contribution is -2.50. The molecule has 350 valence electrons. The number of benzene rings is 12. The van der Waals surface area contributed by atoms with Crippen molar-refractivity contribution in [1.82, 2.24) is 0 Å². The van der Waals surface area contributed by atoms with Gasteiger partial charge in [0.25, 0.3) is 0 Å². The Balaban J connectivity index is 1.07. The summed E-state index contributed by atoms with van der Waals surface area (Å²) in [6, 6.07) is 84.8. The molecule has 0 aromatic heterocycles. The number of anilines is 3. The zero-order valence-electron chi connectivity index (χ0n) is 42.3. The molecule has 4 heteroatoms. The van der Waals surface area contributed by atoms with E-state index >= 15 is 0 Å². The standard InChI is InChI=1S/C70H53B2NO/c1-69(2)59-32-13-11-26-50(59)52-37-36-48(41-61(52)69)73(64-38-35-45-21-16-30-55-54-29-15-19-44-20-17-31-56(66(44)54)68(64)67(45)55)65-43-62-57(51-27-12-14-33-60(51)70(62,3)4)42-58(65)49-28-18-34-63-53(49)39-40-71(46-22-7-5-8-23-46)74-72(63)47-24-9-6-10-25-47/h5-38,41-43H,39-40H2,1-4H3. The summed E-state index contributed by atoms with van der Waals surface area (Å²) in [6.07, 6.45) is 1.72. The molecule has 1 heterocycles. The second kappa shape index (κ2) is 16.2. The van der Waals surface area contributed by atoms with Crippen LogP contribution < -0.4 is 21.3 Å². The normalized spacial score (nSPS) is 15.0. The summed E-state index contributed by atoms with van der Waals surface area (Å²) in [5, 5.41) is 10.2. The van der Waals surface area contributed by atoms with Crippen LogP contribution in [0.15, 0.2) is 224 Å². The maximum Gasteiger partial charge on any atom is 0.347 e. The summed E-state index contributed by atoms with van der Waals surface area (Å²) >= 11 is 0. The van der Waals surface area contributed by atoms with Crippen LogP contribution in [0.1, 0.15) is 55.5 Å². The molecule has 0 amide bonds. The summed E-state index contributed by atoms with van der Waals surface area (Å²) < 4.78 is 7.39. The Labute approximate surface area is 434 Å². The fourth-order valence-electron chi connectivity index (χ4n) is 14.0. The van der Waals surface area contributed by atoms with E-state index < -0.39 is 0 Å². The van der Waals surface area contributed by atoms with E-state index in [2.05, 4.69) is 257 Å². The largest absolute Gasteiger partial charge is 0.487 e. The molecule has 0 atom stereocenters. The van der Waals surface area contributed by atoms with E-state index in [1.807, 2.05) is 0 Å². The van der Waals surface area contributed by atoms with E-state index in [0.717, 1.165) is 18.4 Å². The summed E-state index contributed by atoms with van der Waals surface area (Å²) in [6.45, 7) is 9.33. The Bertz CT molecular complexity index is 4250. The van der Waals surface area contributed by atoms with Gasteiger partial charge in [-0.15, -0.1) is 0 Å². The summed E-state index contributed by atoms with van der Waals surface area (Å²) in [5.41, 5.74) is 21.2. The SMILES string of the molecule is CC1(C)c2ccccc2-c2ccc(N(c3cc4c(cc3-c3cccc5c3CCB(c3ccccc3)OB5c3ccccc3)-c3ccccc3C4(C)C)c3ccc4cccc5c6cccc7cccc(c3c45)c76)cc21. The lowest BCUT2D eigenvalue weighted by Gasteiger charge is -2.33. The minimum Gasteiger partial charge on any atom is -0.487 e. The summed E-state index contributed by atoms with van der Waals surface area (Å²) in [7, 11) is 0. The van der Waals surface area contributed by atoms with E-state index in [-0.39, 0.29) is 24.7 Å². The number of hydrogen-bond donors (Lipinski definition) is 0. The van der Waals surface area contributed by atoms with Gasteiger partial charge in [-0.1, -0.05) is 227 Å². The van der Waals surface area contributed by atoms with Gasteiger partial charge in [0.2, 0.25) is 0 Å². The third kappa shape index (κ3) is 6.25. The van der Waals surface area contributed by atoms with Crippen molar-refractivity contribution in [1.29, 1.82) is 0 Å². The van der Waals surface area contributed by atoms with Crippen molar-refractivity contribution in [3.8, 4) is 33.4 Å². The molecule has 12 aromatic carbocycles. The monoisotopic (exact) mass is 945 g/mol. The average molecular weight is 946 g/mol. The minimum absolute atomic E-state index is 0.0744. The van der Waals surface area contributed by atoms with Crippen molar-refractivity contribution in [2.45, 2.75) is 51.3 Å². The van der Waals surface area contributed by atoms with Crippen molar-refractivity contribution >= 4 is 90.4 Å². The third-order valence-electron chi connectivity index (χ3n) is 17.5. The van der Waals surface area contributed by atoms with Crippen LogP contribution in [0.3, 0.4) is 0 Å². The first-order valence-corrected chi connectivity index (χ1v) is 26.5. The molecule has 1 aliphatic heterocycles. The Morgan fingerprint density at radius 3 is 1.68 bits per heavy atom. The van der Waals surface area contributed by atoms with Crippen molar-refractivity contribution in [3.05, 3.63) is 252 Å². The second-order valence-electron chi connectivity index (χ2n) is 22.1. The van der Waals surface area contributed by atoms with Crippen LogP contribution in [0.5, 0.6) is 0 Å². The molecule has 0 unspecified atom stereocenters. The van der Waals surface area contributed by atoms with E-state index in [9.17, 15) is 0 Å². The Morgan fingerprint density at radius 2 is 0.959 bits per heavy atom. The maximum absolute atomic E-state index is 7.39. The number of nitrogens with zero attached hydrogens (tertiary/aromatic N) is 1. The molecular formula is C70H53B2NO. The number of rotatable bonds is 6. The molecule has 2 nitrogen and oxygen atoms in total. The van der Waals surface area contributed by atoms with Gasteiger partial charge in [0, 0.05) is 27.5 Å². The van der Waals surface area contributed by atoms with Crippen LogP contribution in [-0.4, -0.2) is 13.8 Å². The van der Waals surface area contributed by atoms with Crippen LogP contribution in [0.2, 0.25) is 6.32 Å². The molecule has 3 aliphatic rings. The first kappa shape index (κ1) is 43.4. The Hall–Kier alpha value is -8.17. The highest BCUT2D eigenvalue weighted by molar-refractivity contribution is 6.88. The van der Waals surface area contributed by atoms with Gasteiger partial charge in [0.15, 0.2) is 0 Å². The van der Waals surface area contributed by atoms with Gasteiger partial charge in [-0.25, -0.2) is 0 Å². The van der Waals surface area contributed by atoms with Crippen LogP contribution in [0.25, 0.3) is 76.5 Å². The highest BCUT2D eigenvalue weighted by atomic mass is 16.4. The number of hydrogen-bond acceptors (Lipinski definition) is 2. The van der Waals surface area contributed by atoms with Gasteiger partial charge in [-0.3, -0.25) is 0 Å². The molecule has 0 saturated heterocycles. The zero-order valence-corrected chi connectivity index (χ0v) is 42.3. The highest BCUT2D eigenvalue weighted by Gasteiger charge is 2.41. The van der Waals surface area contributed by atoms with E-state index in [1.54, 1.807) is 0 Å². The van der Waals surface area contributed by atoms with Gasteiger partial charge in [-0.2, -0.15) is 0 Å². The van der Waals surface area contributed by atoms with E-state index in [4.69, 9.17) is 4.57 Å². The molecule has 0 radical (unpaired) electrons. The molecule has 0 bridgehead atoms. The van der Waals surface area contributed by atoms with Gasteiger partial charge in [0.05, 0.1) is 11.4 Å². The third-order valence-corrected chi connectivity index (χ3v) is 17.5. The molecule has 0 fully saturated rings. The van der Waals surface area contributed by atoms with Crippen molar-refractivity contribution in [2.24, 2.45) is 0 Å². The molecule has 0 N–H and O–H groups in total. The predicted molar refractivity (Wildman–Crippen MR) is 316 cm³/mol. The maximum atomic E-state index is 7.39. The first-order valence-electron chi connectivity index (χ1n) is 26.5. The Kier molecular flexibility index (Phi) is 9.48. The fraction of sp³-hybridized carbons (Fsp3) is 0.114. The molecular weight excluding hydrogens is 892 g/mol. The lowest BCUT2D eigenvalue weighted by atomic mass is 9.50. The fourth-order valence-corrected chi connectivity index (χ4v) is 14.0. The summed E-state index contributed by atoms with van der Waals surface area (Å²) in [5.74, 6) is 0. The molecule has 74 heavy (non-hydrogen) atoms. The van der Waals surface area contributed by atoms with Gasteiger partial charge in [-0.05, 0) is 147 Å². The van der Waals surface area contributed by atoms with Crippen LogP contribution >= 0.6 is 0 Å². The van der Waals surface area contributed by atoms with Crippen molar-refractivity contribution < 1.29 is 4.57 Å². The second-order valence-corrected chi connectivity index (χ2v) is 22.1. The molecule has 15 rings (SSSR count). The van der Waals surface area contributed by atoms with Gasteiger partial charge in [0.1, 0.15) is 0 Å².